The van der Waals surface area contributed by atoms with Gasteiger partial charge in [0, 0.05) is 29.4 Å². The maximum atomic E-state index is 13.4. The Morgan fingerprint density at radius 1 is 1.10 bits per heavy atom. The number of hydrogen-bond acceptors (Lipinski definition) is 10. The number of halogens is 2. The number of alkyl halides is 1. The number of nitrogens with two attached hydrogens (primary N) is 1. The molecule has 2 fully saturated rings. The second kappa shape index (κ2) is 10.8. The van der Waals surface area contributed by atoms with Gasteiger partial charge in [-0.15, -0.1) is 0 Å². The number of piperidine rings is 1. The molecule has 7 rings (SSSR count). The summed E-state index contributed by atoms with van der Waals surface area (Å²) >= 11 is 10.4. The minimum atomic E-state index is -0.268. The topological polar surface area (TPSA) is 125 Å². The Bertz CT molecular complexity index is 1770. The Kier molecular flexibility index (Phi) is 7.14. The first kappa shape index (κ1) is 27.1. The zero-order valence-corrected chi connectivity index (χ0v) is 25.5. The number of benzene rings is 2. The third kappa shape index (κ3) is 4.99. The molecule has 5 aromatic rings. The van der Waals surface area contributed by atoms with Gasteiger partial charge >= 0.3 is 0 Å². The molecule has 0 radical (unpaired) electrons. The summed E-state index contributed by atoms with van der Waals surface area (Å²) in [6.45, 7) is 2.59. The third-order valence-corrected chi connectivity index (χ3v) is 10.6. The fourth-order valence-corrected chi connectivity index (χ4v) is 7.59. The van der Waals surface area contributed by atoms with E-state index in [9.17, 15) is 4.79 Å². The van der Waals surface area contributed by atoms with Crippen molar-refractivity contribution < 1.29 is 9.15 Å². The minimum absolute atomic E-state index is 0.0500. The summed E-state index contributed by atoms with van der Waals surface area (Å²) < 4.78 is 13.1. The average molecular weight is 702 g/mol. The maximum Gasteiger partial charge on any atom is 0.263 e. The van der Waals surface area contributed by atoms with E-state index in [2.05, 4.69) is 47.4 Å². The molecule has 2 aliphatic rings. The number of aromatic nitrogens is 5. The van der Waals surface area contributed by atoms with E-state index in [0.29, 0.717) is 37.3 Å². The standard InChI is InChI=1S/C28H25ClIN7O3S/c29-24-19(41-22-12-32-20(11-33-22)36-9-7-28(8-10-36)14-39-26(30)25(28)31)6-5-17-23(24)27(38)37(15-34-17)13-21-35-16-3-1-2-4-18(16)40-21/h1-6,11-12,15,25-26H,7-10,13-14,31H2/t25-,26-/m1/s1. The first-order valence-electron chi connectivity index (χ1n) is 13.2. The molecule has 2 atom stereocenters. The van der Waals surface area contributed by atoms with Crippen molar-refractivity contribution in [3.63, 3.8) is 0 Å². The Morgan fingerprint density at radius 2 is 1.93 bits per heavy atom. The Labute approximate surface area is 257 Å². The van der Waals surface area contributed by atoms with Gasteiger partial charge in [0.25, 0.3) is 5.56 Å². The van der Waals surface area contributed by atoms with Crippen LogP contribution in [-0.4, -0.2) is 54.4 Å². The number of fused-ring (bicyclic) bond motifs is 2. The van der Waals surface area contributed by atoms with Crippen molar-refractivity contribution in [1.82, 2.24) is 24.5 Å². The molecule has 3 aromatic heterocycles. The van der Waals surface area contributed by atoms with Gasteiger partial charge in [-0.25, -0.2) is 19.9 Å². The van der Waals surface area contributed by atoms with Crippen molar-refractivity contribution in [2.45, 2.75) is 39.5 Å². The first-order valence-corrected chi connectivity index (χ1v) is 15.6. The summed E-state index contributed by atoms with van der Waals surface area (Å²) in [6, 6.07) is 11.2. The van der Waals surface area contributed by atoms with E-state index in [0.717, 1.165) is 43.9 Å². The molecule has 2 saturated heterocycles. The van der Waals surface area contributed by atoms with Gasteiger partial charge in [0.1, 0.15) is 27.0 Å². The predicted octanol–water partition coefficient (Wildman–Crippen LogP) is 4.89. The van der Waals surface area contributed by atoms with Crippen LogP contribution in [0.1, 0.15) is 18.7 Å². The Balaban J connectivity index is 1.08. The van der Waals surface area contributed by atoms with E-state index in [1.54, 1.807) is 18.5 Å². The van der Waals surface area contributed by atoms with Crippen LogP contribution in [0, 0.1) is 5.41 Å². The molecule has 13 heteroatoms. The molecular weight excluding hydrogens is 677 g/mol. The molecule has 2 aromatic carbocycles. The largest absolute Gasteiger partial charge is 0.439 e. The number of anilines is 1. The number of nitrogens with zero attached hydrogens (tertiary/aromatic N) is 6. The summed E-state index contributed by atoms with van der Waals surface area (Å²) in [5.41, 5.74) is 8.15. The number of para-hydroxylation sites is 2. The molecule has 5 heterocycles. The van der Waals surface area contributed by atoms with Crippen LogP contribution in [0.2, 0.25) is 5.02 Å². The lowest BCUT2D eigenvalue weighted by Gasteiger charge is -2.41. The number of rotatable bonds is 5. The normalized spacial score (nSPS) is 20.4. The maximum absolute atomic E-state index is 13.4. The van der Waals surface area contributed by atoms with Gasteiger partial charge < -0.3 is 19.8 Å². The van der Waals surface area contributed by atoms with Crippen LogP contribution in [0.5, 0.6) is 0 Å². The first-order chi connectivity index (χ1) is 19.9. The highest BCUT2D eigenvalue weighted by Crippen LogP contribution is 2.43. The molecule has 41 heavy (non-hydrogen) atoms. The van der Waals surface area contributed by atoms with Gasteiger partial charge in [-0.1, -0.05) is 35.5 Å². The van der Waals surface area contributed by atoms with Gasteiger partial charge in [0.15, 0.2) is 5.58 Å². The molecule has 0 bridgehead atoms. The highest BCUT2D eigenvalue weighted by molar-refractivity contribution is 14.1. The van der Waals surface area contributed by atoms with Crippen molar-refractivity contribution in [2.75, 3.05) is 24.6 Å². The fourth-order valence-electron chi connectivity index (χ4n) is 5.53. The van der Waals surface area contributed by atoms with Crippen molar-refractivity contribution in [2.24, 2.45) is 11.1 Å². The molecule has 0 aliphatic carbocycles. The van der Waals surface area contributed by atoms with Gasteiger partial charge in [-0.05, 0) is 59.7 Å². The van der Waals surface area contributed by atoms with E-state index in [4.69, 9.17) is 26.5 Å². The number of ether oxygens (including phenoxy) is 1. The van der Waals surface area contributed by atoms with Gasteiger partial charge in [-0.3, -0.25) is 9.36 Å². The highest BCUT2D eigenvalue weighted by atomic mass is 127. The monoisotopic (exact) mass is 701 g/mol. The molecular formula is C28H25ClIN7O3S. The molecule has 2 aliphatic heterocycles. The van der Waals surface area contributed by atoms with Crippen LogP contribution in [0.25, 0.3) is 22.0 Å². The van der Waals surface area contributed by atoms with E-state index < -0.39 is 0 Å². The third-order valence-electron chi connectivity index (χ3n) is 7.97. The molecule has 0 amide bonds. The van der Waals surface area contributed by atoms with E-state index in [1.165, 1.54) is 22.7 Å². The molecule has 10 nitrogen and oxygen atoms in total. The lowest BCUT2D eigenvalue weighted by atomic mass is 9.75. The smallest absolute Gasteiger partial charge is 0.263 e. The van der Waals surface area contributed by atoms with Crippen molar-refractivity contribution in [1.29, 1.82) is 0 Å². The molecule has 1 spiro atoms. The summed E-state index contributed by atoms with van der Waals surface area (Å²) in [7, 11) is 0. The number of hydrogen-bond donors (Lipinski definition) is 1. The van der Waals surface area contributed by atoms with E-state index >= 15 is 0 Å². The second-order valence-corrected chi connectivity index (χ2v) is 13.0. The molecule has 210 valence electrons. The van der Waals surface area contributed by atoms with Crippen LogP contribution >= 0.6 is 46.0 Å². The minimum Gasteiger partial charge on any atom is -0.439 e. The lowest BCUT2D eigenvalue weighted by Crippen LogP contribution is -2.50. The van der Waals surface area contributed by atoms with Gasteiger partial charge in [0.2, 0.25) is 5.89 Å². The second-order valence-electron chi connectivity index (χ2n) is 10.4. The summed E-state index contributed by atoms with van der Waals surface area (Å²) in [5, 5.41) is 1.34. The molecule has 0 saturated carbocycles. The van der Waals surface area contributed by atoms with Crippen molar-refractivity contribution >= 4 is 73.8 Å². The van der Waals surface area contributed by atoms with Crippen LogP contribution in [-0.2, 0) is 11.3 Å². The van der Waals surface area contributed by atoms with E-state index in [1.807, 2.05) is 30.3 Å². The summed E-state index contributed by atoms with van der Waals surface area (Å²) in [6.07, 6.45) is 6.96. The summed E-state index contributed by atoms with van der Waals surface area (Å²) in [4.78, 5) is 34.6. The summed E-state index contributed by atoms with van der Waals surface area (Å²) in [5.74, 6) is 1.25. The van der Waals surface area contributed by atoms with Gasteiger partial charge in [-0.2, -0.15) is 0 Å². The predicted molar refractivity (Wildman–Crippen MR) is 166 cm³/mol. The van der Waals surface area contributed by atoms with Crippen molar-refractivity contribution in [3.05, 3.63) is 76.4 Å². The fraction of sp³-hybridized carbons (Fsp3) is 0.321. The van der Waals surface area contributed by atoms with Crippen LogP contribution in [0.15, 0.2) is 74.3 Å². The van der Waals surface area contributed by atoms with Crippen LogP contribution in [0.4, 0.5) is 5.82 Å². The zero-order valence-electron chi connectivity index (χ0n) is 21.7. The Hall–Kier alpha value is -2.78. The molecule has 0 unspecified atom stereocenters. The van der Waals surface area contributed by atoms with Gasteiger partial charge in [0.05, 0.1) is 41.3 Å². The lowest BCUT2D eigenvalue weighted by molar-refractivity contribution is 0.127. The number of oxazole rings is 1. The highest BCUT2D eigenvalue weighted by Gasteiger charge is 2.48. The van der Waals surface area contributed by atoms with Crippen LogP contribution in [0.3, 0.4) is 0 Å². The zero-order chi connectivity index (χ0) is 28.1. The van der Waals surface area contributed by atoms with Crippen LogP contribution < -0.4 is 16.2 Å². The Morgan fingerprint density at radius 3 is 2.66 bits per heavy atom. The van der Waals surface area contributed by atoms with Crippen molar-refractivity contribution in [3.8, 4) is 0 Å². The quantitative estimate of drug-likeness (QED) is 0.200. The average Bonchev–Trinajstić information content (AvgIpc) is 3.53. The molecule has 2 N–H and O–H groups in total. The SMILES string of the molecule is N[C@@H]1[C@H](I)OCC12CCN(c1cnc(Sc3ccc4ncn(Cc5nc6ccccc6o5)c(=O)c4c3Cl)cn1)CC2. The van der Waals surface area contributed by atoms with E-state index in [-0.39, 0.29) is 27.7 Å².